The standard InChI is InChI=1S/C25H19BrClFN2O3/c1-2-32-21-8-6-20(7-9-21)30-25(31)18(14-29)10-17-12-22(26)24(23(27)13-17)33-15-16-4-3-5-19(28)11-16/h3-13H,2,15H2,1H3,(H,30,31)/b18-10-. The smallest absolute Gasteiger partial charge is 0.266 e. The van der Waals surface area contributed by atoms with Crippen molar-refractivity contribution in [2.45, 2.75) is 13.5 Å². The quantitative estimate of drug-likeness (QED) is 0.258. The number of halogens is 3. The van der Waals surface area contributed by atoms with Crippen molar-refractivity contribution in [3.63, 3.8) is 0 Å². The predicted molar refractivity (Wildman–Crippen MR) is 130 cm³/mol. The number of rotatable bonds is 8. The Bertz CT molecular complexity index is 1200. The third-order valence-electron chi connectivity index (χ3n) is 4.39. The first-order chi connectivity index (χ1) is 15.9. The van der Waals surface area contributed by atoms with Gasteiger partial charge >= 0.3 is 0 Å². The van der Waals surface area contributed by atoms with Crippen LogP contribution < -0.4 is 14.8 Å². The number of nitrogens with zero attached hydrogens (tertiary/aromatic N) is 1. The maximum Gasteiger partial charge on any atom is 0.266 e. The number of amides is 1. The van der Waals surface area contributed by atoms with Crippen molar-refractivity contribution in [3.05, 3.63) is 92.7 Å². The molecule has 5 nitrogen and oxygen atoms in total. The summed E-state index contributed by atoms with van der Waals surface area (Å²) in [4.78, 5) is 12.5. The van der Waals surface area contributed by atoms with Crippen LogP contribution in [0, 0.1) is 17.1 Å². The fraction of sp³-hybridized carbons (Fsp3) is 0.120. The number of nitriles is 1. The molecule has 0 aliphatic rings. The van der Waals surface area contributed by atoms with E-state index in [0.29, 0.717) is 39.4 Å². The Morgan fingerprint density at radius 3 is 2.58 bits per heavy atom. The minimum atomic E-state index is -0.555. The molecule has 0 saturated carbocycles. The highest BCUT2D eigenvalue weighted by molar-refractivity contribution is 9.10. The van der Waals surface area contributed by atoms with Crippen LogP contribution >= 0.6 is 27.5 Å². The van der Waals surface area contributed by atoms with E-state index in [9.17, 15) is 14.4 Å². The molecule has 0 unspecified atom stereocenters. The largest absolute Gasteiger partial charge is 0.494 e. The average Bonchev–Trinajstić information content (AvgIpc) is 2.78. The number of anilines is 1. The van der Waals surface area contributed by atoms with Crippen molar-refractivity contribution in [1.82, 2.24) is 0 Å². The average molecular weight is 530 g/mol. The lowest BCUT2D eigenvalue weighted by Crippen LogP contribution is -2.13. The van der Waals surface area contributed by atoms with Gasteiger partial charge in [0, 0.05) is 5.69 Å². The molecule has 0 atom stereocenters. The van der Waals surface area contributed by atoms with Crippen molar-refractivity contribution in [2.75, 3.05) is 11.9 Å². The Morgan fingerprint density at radius 1 is 1.18 bits per heavy atom. The molecule has 0 heterocycles. The van der Waals surface area contributed by atoms with Gasteiger partial charge in [0.05, 0.1) is 16.1 Å². The molecule has 168 valence electrons. The molecule has 3 rings (SSSR count). The summed E-state index contributed by atoms with van der Waals surface area (Å²) in [7, 11) is 0. The van der Waals surface area contributed by atoms with Crippen LogP contribution in [-0.4, -0.2) is 12.5 Å². The van der Waals surface area contributed by atoms with Gasteiger partial charge in [-0.05, 0) is 88.6 Å². The van der Waals surface area contributed by atoms with Crippen molar-refractivity contribution in [3.8, 4) is 17.6 Å². The van der Waals surface area contributed by atoms with E-state index in [-0.39, 0.29) is 23.0 Å². The van der Waals surface area contributed by atoms with Crippen molar-refractivity contribution in [1.29, 1.82) is 5.26 Å². The lowest BCUT2D eigenvalue weighted by atomic mass is 10.1. The third kappa shape index (κ3) is 6.82. The summed E-state index contributed by atoms with van der Waals surface area (Å²) < 4.78 is 25.0. The number of benzene rings is 3. The molecule has 0 fully saturated rings. The Morgan fingerprint density at radius 2 is 1.94 bits per heavy atom. The number of hydrogen-bond acceptors (Lipinski definition) is 4. The van der Waals surface area contributed by atoms with Crippen LogP contribution in [0.25, 0.3) is 6.08 Å². The van der Waals surface area contributed by atoms with E-state index >= 15 is 0 Å². The van der Waals surface area contributed by atoms with Gasteiger partial charge in [-0.15, -0.1) is 0 Å². The van der Waals surface area contributed by atoms with Crippen molar-refractivity contribution >= 4 is 45.2 Å². The van der Waals surface area contributed by atoms with Crippen molar-refractivity contribution in [2.24, 2.45) is 0 Å². The number of carbonyl (C=O) groups excluding carboxylic acids is 1. The first kappa shape index (κ1) is 24.3. The van der Waals surface area contributed by atoms with Crippen LogP contribution in [0.15, 0.2) is 70.7 Å². The molecular formula is C25H19BrClFN2O3. The number of nitrogens with one attached hydrogen (secondary N) is 1. The molecule has 0 radical (unpaired) electrons. The normalized spacial score (nSPS) is 10.9. The Hall–Kier alpha value is -3.34. The van der Waals surface area contributed by atoms with E-state index in [0.717, 1.165) is 0 Å². The van der Waals surface area contributed by atoms with E-state index in [2.05, 4.69) is 21.2 Å². The monoisotopic (exact) mass is 528 g/mol. The maximum absolute atomic E-state index is 13.3. The van der Waals surface area contributed by atoms with Gasteiger partial charge in [-0.1, -0.05) is 23.7 Å². The molecule has 3 aromatic carbocycles. The molecule has 0 spiro atoms. The Kier molecular flexibility index (Phi) is 8.47. The molecule has 0 aliphatic heterocycles. The van der Waals surface area contributed by atoms with Gasteiger partial charge in [-0.3, -0.25) is 4.79 Å². The SMILES string of the molecule is CCOc1ccc(NC(=O)/C(C#N)=C\c2cc(Cl)c(OCc3cccc(F)c3)c(Br)c2)cc1. The lowest BCUT2D eigenvalue weighted by molar-refractivity contribution is -0.112. The second-order valence-corrected chi connectivity index (χ2v) is 8.08. The van der Waals surface area contributed by atoms with Gasteiger partial charge in [0.25, 0.3) is 5.91 Å². The Balaban J connectivity index is 1.73. The lowest BCUT2D eigenvalue weighted by Gasteiger charge is -2.12. The number of hydrogen-bond donors (Lipinski definition) is 1. The fourth-order valence-corrected chi connectivity index (χ4v) is 3.89. The zero-order valence-corrected chi connectivity index (χ0v) is 19.9. The zero-order valence-electron chi connectivity index (χ0n) is 17.6. The van der Waals surface area contributed by atoms with Crippen LogP contribution in [0.5, 0.6) is 11.5 Å². The molecule has 33 heavy (non-hydrogen) atoms. The topological polar surface area (TPSA) is 71.3 Å². The molecule has 1 amide bonds. The van der Waals surface area contributed by atoms with E-state index in [1.54, 1.807) is 48.5 Å². The number of carbonyl (C=O) groups is 1. The van der Waals surface area contributed by atoms with Gasteiger partial charge in [-0.25, -0.2) is 4.39 Å². The highest BCUT2D eigenvalue weighted by Crippen LogP contribution is 2.35. The first-order valence-electron chi connectivity index (χ1n) is 9.92. The summed E-state index contributed by atoms with van der Waals surface area (Å²) in [6, 6.07) is 18.1. The molecule has 8 heteroatoms. The predicted octanol–water partition coefficient (Wildman–Crippen LogP) is 6.76. The second kappa shape index (κ2) is 11.5. The van der Waals surface area contributed by atoms with Gasteiger partial charge in [0.2, 0.25) is 0 Å². The van der Waals surface area contributed by atoms with E-state index in [4.69, 9.17) is 21.1 Å². The van der Waals surface area contributed by atoms with Crippen LogP contribution in [0.3, 0.4) is 0 Å². The summed E-state index contributed by atoms with van der Waals surface area (Å²) in [5.41, 5.74) is 1.62. The summed E-state index contributed by atoms with van der Waals surface area (Å²) in [5, 5.41) is 12.4. The molecule has 3 aromatic rings. The first-order valence-corrected chi connectivity index (χ1v) is 11.1. The summed E-state index contributed by atoms with van der Waals surface area (Å²) in [6.45, 7) is 2.55. The number of ether oxygens (including phenoxy) is 2. The van der Waals surface area contributed by atoms with Crippen molar-refractivity contribution < 1.29 is 18.7 Å². The van der Waals surface area contributed by atoms with Crippen LogP contribution in [0.4, 0.5) is 10.1 Å². The van der Waals surface area contributed by atoms with Gasteiger partial charge in [-0.2, -0.15) is 5.26 Å². The molecule has 1 N–H and O–H groups in total. The molecule has 0 aliphatic carbocycles. The zero-order chi connectivity index (χ0) is 23.8. The highest BCUT2D eigenvalue weighted by Gasteiger charge is 2.13. The van der Waals surface area contributed by atoms with E-state index in [1.807, 2.05) is 13.0 Å². The maximum atomic E-state index is 13.3. The summed E-state index contributed by atoms with van der Waals surface area (Å²) >= 11 is 9.76. The van der Waals surface area contributed by atoms with Gasteiger partial charge in [0.1, 0.15) is 29.8 Å². The van der Waals surface area contributed by atoms with Crippen LogP contribution in [0.2, 0.25) is 5.02 Å². The highest BCUT2D eigenvalue weighted by atomic mass is 79.9. The second-order valence-electron chi connectivity index (χ2n) is 6.81. The molecular weight excluding hydrogens is 511 g/mol. The summed E-state index contributed by atoms with van der Waals surface area (Å²) in [6.07, 6.45) is 1.43. The minimum absolute atomic E-state index is 0.0970. The van der Waals surface area contributed by atoms with E-state index < -0.39 is 5.91 Å². The van der Waals surface area contributed by atoms with Gasteiger partial charge < -0.3 is 14.8 Å². The third-order valence-corrected chi connectivity index (χ3v) is 5.26. The van der Waals surface area contributed by atoms with Gasteiger partial charge in [0.15, 0.2) is 5.75 Å². The Labute approximate surface area is 204 Å². The summed E-state index contributed by atoms with van der Waals surface area (Å²) in [5.74, 6) is 0.149. The fourth-order valence-electron chi connectivity index (χ4n) is 2.90. The molecule has 0 bridgehead atoms. The van der Waals surface area contributed by atoms with Crippen LogP contribution in [0.1, 0.15) is 18.1 Å². The van der Waals surface area contributed by atoms with E-state index in [1.165, 1.54) is 18.2 Å². The molecule has 0 saturated heterocycles. The molecule has 0 aromatic heterocycles. The van der Waals surface area contributed by atoms with Crippen LogP contribution in [-0.2, 0) is 11.4 Å². The minimum Gasteiger partial charge on any atom is -0.494 e.